The highest BCUT2D eigenvalue weighted by atomic mass is 16.5. The van der Waals surface area contributed by atoms with Crippen molar-refractivity contribution in [3.8, 4) is 0 Å². The first-order valence-electron chi connectivity index (χ1n) is 4.59. The minimum absolute atomic E-state index is 0.0433. The molecule has 0 amide bonds. The summed E-state index contributed by atoms with van der Waals surface area (Å²) in [5, 5.41) is 0. The molecule has 1 heterocycles. The molecule has 74 valence electrons. The van der Waals surface area contributed by atoms with Crippen LogP contribution in [0.4, 0.5) is 0 Å². The lowest BCUT2D eigenvalue weighted by atomic mass is 10.2. The number of hydrogen-bond donors (Lipinski definition) is 1. The van der Waals surface area contributed by atoms with Gasteiger partial charge in [-0.3, -0.25) is 4.68 Å². The summed E-state index contributed by atoms with van der Waals surface area (Å²) in [7, 11) is 0. The average Bonchev–Trinajstić information content (AvgIpc) is 2.48. The molecule has 0 aliphatic carbocycles. The third-order valence-electron chi connectivity index (χ3n) is 1.54. The van der Waals surface area contributed by atoms with E-state index in [1.54, 1.807) is 0 Å². The van der Waals surface area contributed by atoms with Gasteiger partial charge in [0, 0.05) is 12.4 Å². The van der Waals surface area contributed by atoms with Gasteiger partial charge in [0.15, 0.2) is 0 Å². The highest BCUT2D eigenvalue weighted by molar-refractivity contribution is 4.92. The fourth-order valence-corrected chi connectivity index (χ4v) is 0.972. The van der Waals surface area contributed by atoms with Crippen LogP contribution in [0.2, 0.25) is 0 Å². The number of hydrogen-bond acceptors (Lipinski definition) is 2. The van der Waals surface area contributed by atoms with Gasteiger partial charge in [-0.2, -0.15) is 0 Å². The van der Waals surface area contributed by atoms with Gasteiger partial charge in [-0.1, -0.05) is 0 Å². The van der Waals surface area contributed by atoms with Gasteiger partial charge < -0.3 is 10.2 Å². The van der Waals surface area contributed by atoms with Crippen molar-refractivity contribution in [3.05, 3.63) is 24.5 Å². The molecule has 0 aliphatic rings. The molecule has 0 aromatic carbocycles. The normalized spacial score (nSPS) is 11.6. The van der Waals surface area contributed by atoms with E-state index in [4.69, 9.17) is 4.74 Å². The minimum Gasteiger partial charge on any atom is -0.374 e. The monoisotopic (exact) mass is 182 g/mol. The molecule has 0 unspecified atom stereocenters. The topological polar surface area (TPSA) is 26.2 Å². The van der Waals surface area contributed by atoms with Crippen molar-refractivity contribution < 1.29 is 4.74 Å². The number of ether oxygens (including phenoxy) is 1. The summed E-state index contributed by atoms with van der Waals surface area (Å²) in [5.41, 5.74) is 3.15. The zero-order valence-electron chi connectivity index (χ0n) is 8.58. The van der Waals surface area contributed by atoms with E-state index >= 15 is 0 Å². The van der Waals surface area contributed by atoms with E-state index in [0.29, 0.717) is 0 Å². The lowest BCUT2D eigenvalue weighted by Crippen LogP contribution is -2.25. The van der Waals surface area contributed by atoms with Gasteiger partial charge in [-0.25, -0.2) is 0 Å². The summed E-state index contributed by atoms with van der Waals surface area (Å²) in [6.07, 6.45) is 3.94. The van der Waals surface area contributed by atoms with Crippen molar-refractivity contribution in [1.82, 2.24) is 4.68 Å². The number of rotatable bonds is 4. The molecular formula is C10H18N2O. The maximum atomic E-state index is 5.55. The van der Waals surface area contributed by atoms with E-state index in [2.05, 4.69) is 26.2 Å². The summed E-state index contributed by atoms with van der Waals surface area (Å²) in [4.78, 5) is 0. The molecule has 3 heteroatoms. The Kier molecular flexibility index (Phi) is 3.37. The third-order valence-corrected chi connectivity index (χ3v) is 1.54. The van der Waals surface area contributed by atoms with Crippen molar-refractivity contribution in [3.63, 3.8) is 0 Å². The lowest BCUT2D eigenvalue weighted by molar-refractivity contribution is 0.00257. The van der Waals surface area contributed by atoms with Crippen molar-refractivity contribution in [2.45, 2.75) is 26.4 Å². The zero-order chi connectivity index (χ0) is 9.73. The van der Waals surface area contributed by atoms with E-state index in [0.717, 1.165) is 13.2 Å². The second kappa shape index (κ2) is 4.33. The molecule has 1 N–H and O–H groups in total. The van der Waals surface area contributed by atoms with Crippen molar-refractivity contribution in [2.24, 2.45) is 0 Å². The van der Waals surface area contributed by atoms with Gasteiger partial charge in [-0.15, -0.1) is 0 Å². The Morgan fingerprint density at radius 1 is 1.23 bits per heavy atom. The second-order valence-electron chi connectivity index (χ2n) is 3.96. The van der Waals surface area contributed by atoms with Gasteiger partial charge in [-0.05, 0) is 32.9 Å². The van der Waals surface area contributed by atoms with Crippen LogP contribution < -0.4 is 5.43 Å². The highest BCUT2D eigenvalue weighted by Crippen LogP contribution is 2.05. The quantitative estimate of drug-likeness (QED) is 0.719. The predicted molar refractivity (Wildman–Crippen MR) is 54.4 cm³/mol. The van der Waals surface area contributed by atoms with E-state index in [1.807, 2.05) is 29.2 Å². The fourth-order valence-electron chi connectivity index (χ4n) is 0.972. The van der Waals surface area contributed by atoms with Crippen LogP contribution in [0.5, 0.6) is 0 Å². The predicted octanol–water partition coefficient (Wildman–Crippen LogP) is 1.85. The first-order chi connectivity index (χ1) is 6.08. The molecule has 0 spiro atoms. The van der Waals surface area contributed by atoms with Crippen LogP contribution in [0.3, 0.4) is 0 Å². The molecule has 0 bridgehead atoms. The van der Waals surface area contributed by atoms with Gasteiger partial charge in [0.2, 0.25) is 0 Å². The summed E-state index contributed by atoms with van der Waals surface area (Å²) in [6, 6.07) is 3.97. The standard InChI is InChI=1S/C10H18N2O/c1-10(2,3)13-9-6-11-12-7-4-5-8-12/h4-5,7-8,11H,6,9H2,1-3H3. The van der Waals surface area contributed by atoms with E-state index in [1.165, 1.54) is 0 Å². The van der Waals surface area contributed by atoms with E-state index in [-0.39, 0.29) is 5.60 Å². The first-order valence-corrected chi connectivity index (χ1v) is 4.59. The molecular weight excluding hydrogens is 164 g/mol. The molecule has 0 saturated carbocycles. The maximum Gasteiger partial charge on any atom is 0.0662 e. The molecule has 1 rings (SSSR count). The van der Waals surface area contributed by atoms with Crippen LogP contribution >= 0.6 is 0 Å². The van der Waals surface area contributed by atoms with Crippen LogP contribution in [-0.2, 0) is 4.74 Å². The van der Waals surface area contributed by atoms with Crippen LogP contribution in [0.15, 0.2) is 24.5 Å². The Balaban J connectivity index is 2.09. The summed E-state index contributed by atoms with van der Waals surface area (Å²) >= 11 is 0. The van der Waals surface area contributed by atoms with E-state index in [9.17, 15) is 0 Å². The highest BCUT2D eigenvalue weighted by Gasteiger charge is 2.08. The summed E-state index contributed by atoms with van der Waals surface area (Å²) in [5.74, 6) is 0. The summed E-state index contributed by atoms with van der Waals surface area (Å²) in [6.45, 7) is 7.72. The SMILES string of the molecule is CC(C)(C)OCCNn1cccc1. The van der Waals surface area contributed by atoms with Gasteiger partial charge in [0.1, 0.15) is 0 Å². The van der Waals surface area contributed by atoms with Crippen LogP contribution in [0, 0.1) is 0 Å². The largest absolute Gasteiger partial charge is 0.374 e. The number of aromatic nitrogens is 1. The van der Waals surface area contributed by atoms with Crippen molar-refractivity contribution in [2.75, 3.05) is 18.6 Å². The fraction of sp³-hybridized carbons (Fsp3) is 0.600. The number of nitrogens with zero attached hydrogens (tertiary/aromatic N) is 1. The smallest absolute Gasteiger partial charge is 0.0662 e. The van der Waals surface area contributed by atoms with Crippen LogP contribution in [0.25, 0.3) is 0 Å². The molecule has 13 heavy (non-hydrogen) atoms. The Morgan fingerprint density at radius 3 is 2.38 bits per heavy atom. The van der Waals surface area contributed by atoms with Crippen LogP contribution in [-0.4, -0.2) is 23.4 Å². The molecule has 0 saturated heterocycles. The molecule has 3 nitrogen and oxygen atoms in total. The summed E-state index contributed by atoms with van der Waals surface area (Å²) < 4.78 is 7.47. The molecule has 1 aromatic heterocycles. The van der Waals surface area contributed by atoms with Gasteiger partial charge in [0.05, 0.1) is 18.8 Å². The Labute approximate surface area is 79.7 Å². The lowest BCUT2D eigenvalue weighted by Gasteiger charge is -2.19. The number of nitrogens with one attached hydrogen (secondary N) is 1. The first kappa shape index (κ1) is 10.1. The van der Waals surface area contributed by atoms with Gasteiger partial charge >= 0.3 is 0 Å². The third kappa shape index (κ3) is 4.58. The Hall–Kier alpha value is -0.960. The zero-order valence-corrected chi connectivity index (χ0v) is 8.58. The molecule has 0 atom stereocenters. The van der Waals surface area contributed by atoms with Gasteiger partial charge in [0.25, 0.3) is 0 Å². The molecule has 0 radical (unpaired) electrons. The Morgan fingerprint density at radius 2 is 1.85 bits per heavy atom. The second-order valence-corrected chi connectivity index (χ2v) is 3.96. The van der Waals surface area contributed by atoms with Crippen molar-refractivity contribution in [1.29, 1.82) is 0 Å². The molecule has 0 fully saturated rings. The average molecular weight is 182 g/mol. The van der Waals surface area contributed by atoms with Crippen molar-refractivity contribution >= 4 is 0 Å². The maximum absolute atomic E-state index is 5.55. The van der Waals surface area contributed by atoms with Crippen LogP contribution in [0.1, 0.15) is 20.8 Å². The van der Waals surface area contributed by atoms with E-state index < -0.39 is 0 Å². The molecule has 1 aromatic rings. The minimum atomic E-state index is -0.0433. The Bertz CT molecular complexity index is 224. The molecule has 0 aliphatic heterocycles.